The van der Waals surface area contributed by atoms with Gasteiger partial charge in [0.25, 0.3) is 5.91 Å². The SMILES string of the molecule is CN(C)CCOCCNC(=O)c1nnc(N)s1. The zero-order valence-corrected chi connectivity index (χ0v) is 10.8. The number of hydrogen-bond acceptors (Lipinski definition) is 7. The molecular formula is C9H17N5O2S. The lowest BCUT2D eigenvalue weighted by Crippen LogP contribution is -2.28. The van der Waals surface area contributed by atoms with Gasteiger partial charge in [-0.2, -0.15) is 0 Å². The van der Waals surface area contributed by atoms with E-state index in [0.29, 0.717) is 19.8 Å². The molecule has 1 aromatic heterocycles. The van der Waals surface area contributed by atoms with Crippen molar-refractivity contribution in [3.05, 3.63) is 5.01 Å². The van der Waals surface area contributed by atoms with Gasteiger partial charge in [-0.3, -0.25) is 4.79 Å². The number of nitrogens with two attached hydrogens (primary N) is 1. The van der Waals surface area contributed by atoms with Crippen molar-refractivity contribution in [2.45, 2.75) is 0 Å². The number of ether oxygens (including phenoxy) is 1. The number of carbonyl (C=O) groups excluding carboxylic acids is 1. The first-order chi connectivity index (χ1) is 8.09. The van der Waals surface area contributed by atoms with Crippen molar-refractivity contribution >= 4 is 22.4 Å². The first-order valence-corrected chi connectivity index (χ1v) is 6.01. The topological polar surface area (TPSA) is 93.4 Å². The zero-order valence-electron chi connectivity index (χ0n) is 9.97. The van der Waals surface area contributed by atoms with Crippen molar-refractivity contribution in [3.63, 3.8) is 0 Å². The molecule has 0 bridgehead atoms. The van der Waals surface area contributed by atoms with Gasteiger partial charge in [-0.15, -0.1) is 10.2 Å². The molecule has 0 aliphatic heterocycles. The van der Waals surface area contributed by atoms with Gasteiger partial charge in [-0.05, 0) is 14.1 Å². The van der Waals surface area contributed by atoms with E-state index in [-0.39, 0.29) is 16.0 Å². The fourth-order valence-electron chi connectivity index (χ4n) is 0.988. The molecule has 0 saturated carbocycles. The minimum absolute atomic E-state index is 0.268. The molecule has 0 fully saturated rings. The summed E-state index contributed by atoms with van der Waals surface area (Å²) in [5, 5.41) is 10.4. The molecule has 7 nitrogen and oxygen atoms in total. The first kappa shape index (κ1) is 13.8. The summed E-state index contributed by atoms with van der Waals surface area (Å²) in [5.41, 5.74) is 5.37. The van der Waals surface area contributed by atoms with E-state index in [1.54, 1.807) is 0 Å². The third-order valence-electron chi connectivity index (χ3n) is 1.85. The summed E-state index contributed by atoms with van der Waals surface area (Å²) in [6, 6.07) is 0. The van der Waals surface area contributed by atoms with Crippen LogP contribution < -0.4 is 11.1 Å². The molecule has 3 N–H and O–H groups in total. The van der Waals surface area contributed by atoms with E-state index < -0.39 is 0 Å². The van der Waals surface area contributed by atoms with E-state index in [2.05, 4.69) is 15.5 Å². The number of nitrogens with one attached hydrogen (secondary N) is 1. The lowest BCUT2D eigenvalue weighted by Gasteiger charge is -2.09. The summed E-state index contributed by atoms with van der Waals surface area (Å²) in [5.74, 6) is -0.268. The predicted molar refractivity (Wildman–Crippen MR) is 66.0 cm³/mol. The molecule has 96 valence electrons. The van der Waals surface area contributed by atoms with Crippen LogP contribution in [0.4, 0.5) is 5.13 Å². The van der Waals surface area contributed by atoms with Gasteiger partial charge in [0.05, 0.1) is 13.2 Å². The quantitative estimate of drug-likeness (QED) is 0.637. The van der Waals surface area contributed by atoms with Crippen LogP contribution in [0.3, 0.4) is 0 Å². The van der Waals surface area contributed by atoms with Gasteiger partial charge >= 0.3 is 0 Å². The Labute approximate surface area is 104 Å². The van der Waals surface area contributed by atoms with Crippen molar-refractivity contribution in [1.29, 1.82) is 0 Å². The maximum absolute atomic E-state index is 11.5. The molecule has 1 heterocycles. The Kier molecular flexibility index (Phi) is 5.81. The molecule has 1 amide bonds. The molecule has 1 aromatic rings. The highest BCUT2D eigenvalue weighted by Crippen LogP contribution is 2.09. The van der Waals surface area contributed by atoms with Gasteiger partial charge in [-0.1, -0.05) is 11.3 Å². The van der Waals surface area contributed by atoms with Crippen LogP contribution in [-0.4, -0.2) is 61.4 Å². The Morgan fingerprint density at radius 2 is 2.24 bits per heavy atom. The number of hydrogen-bond donors (Lipinski definition) is 2. The monoisotopic (exact) mass is 259 g/mol. The number of amides is 1. The average molecular weight is 259 g/mol. The molecule has 17 heavy (non-hydrogen) atoms. The maximum Gasteiger partial charge on any atom is 0.282 e. The molecule has 0 spiro atoms. The Morgan fingerprint density at radius 3 is 2.82 bits per heavy atom. The number of likely N-dealkylation sites (N-methyl/N-ethyl adjacent to an activating group) is 1. The molecular weight excluding hydrogens is 242 g/mol. The molecule has 1 rings (SSSR count). The Balaban J connectivity index is 2.09. The lowest BCUT2D eigenvalue weighted by atomic mass is 10.5. The van der Waals surface area contributed by atoms with Gasteiger partial charge in [-0.25, -0.2) is 0 Å². The second-order valence-electron chi connectivity index (χ2n) is 3.62. The van der Waals surface area contributed by atoms with E-state index in [0.717, 1.165) is 17.9 Å². The van der Waals surface area contributed by atoms with Crippen molar-refractivity contribution in [1.82, 2.24) is 20.4 Å². The summed E-state index contributed by atoms with van der Waals surface area (Å²) in [6.07, 6.45) is 0. The minimum Gasteiger partial charge on any atom is -0.378 e. The average Bonchev–Trinajstić information content (AvgIpc) is 2.69. The van der Waals surface area contributed by atoms with Crippen LogP contribution in [0.25, 0.3) is 0 Å². The number of anilines is 1. The lowest BCUT2D eigenvalue weighted by molar-refractivity contribution is 0.0899. The minimum atomic E-state index is -0.268. The van der Waals surface area contributed by atoms with Crippen LogP contribution in [0.1, 0.15) is 9.80 Å². The Bertz CT molecular complexity index is 355. The van der Waals surface area contributed by atoms with Gasteiger partial charge in [0.1, 0.15) is 0 Å². The van der Waals surface area contributed by atoms with E-state index >= 15 is 0 Å². The largest absolute Gasteiger partial charge is 0.378 e. The first-order valence-electron chi connectivity index (χ1n) is 5.19. The van der Waals surface area contributed by atoms with Crippen LogP contribution in [0, 0.1) is 0 Å². The summed E-state index contributed by atoms with van der Waals surface area (Å²) in [4.78, 5) is 13.5. The van der Waals surface area contributed by atoms with Gasteiger partial charge < -0.3 is 20.7 Å². The molecule has 0 aliphatic carbocycles. The standard InChI is InChI=1S/C9H17N5O2S/c1-14(2)4-6-16-5-3-11-7(15)8-12-13-9(10)17-8/h3-6H2,1-2H3,(H2,10,13)(H,11,15). The third kappa shape index (κ3) is 5.57. The van der Waals surface area contributed by atoms with E-state index in [1.165, 1.54) is 0 Å². The van der Waals surface area contributed by atoms with E-state index in [9.17, 15) is 4.79 Å². The van der Waals surface area contributed by atoms with Crippen molar-refractivity contribution in [3.8, 4) is 0 Å². The number of carbonyl (C=O) groups is 1. The molecule has 0 atom stereocenters. The third-order valence-corrected chi connectivity index (χ3v) is 2.60. The highest BCUT2D eigenvalue weighted by atomic mass is 32.1. The fourth-order valence-corrected chi connectivity index (χ4v) is 1.51. The second-order valence-corrected chi connectivity index (χ2v) is 4.63. The van der Waals surface area contributed by atoms with Crippen LogP contribution >= 0.6 is 11.3 Å². The number of rotatable bonds is 7. The molecule has 0 aromatic carbocycles. The van der Waals surface area contributed by atoms with Gasteiger partial charge in [0.15, 0.2) is 0 Å². The van der Waals surface area contributed by atoms with Gasteiger partial charge in [0, 0.05) is 13.1 Å². The van der Waals surface area contributed by atoms with Crippen LogP contribution in [-0.2, 0) is 4.74 Å². The summed E-state index contributed by atoms with van der Waals surface area (Å²) >= 11 is 1.06. The highest BCUT2D eigenvalue weighted by Gasteiger charge is 2.10. The van der Waals surface area contributed by atoms with Crippen LogP contribution in [0.15, 0.2) is 0 Å². The number of aromatic nitrogens is 2. The fraction of sp³-hybridized carbons (Fsp3) is 0.667. The predicted octanol–water partition coefficient (Wildman–Crippen LogP) is -0.572. The molecule has 0 saturated heterocycles. The maximum atomic E-state index is 11.5. The molecule has 0 radical (unpaired) electrons. The van der Waals surface area contributed by atoms with Crippen molar-refractivity contribution in [2.24, 2.45) is 0 Å². The van der Waals surface area contributed by atoms with E-state index in [4.69, 9.17) is 10.5 Å². The smallest absolute Gasteiger partial charge is 0.282 e. The zero-order chi connectivity index (χ0) is 12.7. The van der Waals surface area contributed by atoms with Crippen molar-refractivity contribution < 1.29 is 9.53 Å². The number of nitrogens with zero attached hydrogens (tertiary/aromatic N) is 3. The Morgan fingerprint density at radius 1 is 1.47 bits per heavy atom. The van der Waals surface area contributed by atoms with Gasteiger partial charge in [0.2, 0.25) is 10.1 Å². The van der Waals surface area contributed by atoms with Crippen LogP contribution in [0.2, 0.25) is 0 Å². The normalized spacial score (nSPS) is 10.8. The molecule has 8 heteroatoms. The molecule has 0 aliphatic rings. The molecule has 0 unspecified atom stereocenters. The number of nitrogen functional groups attached to an aromatic ring is 1. The summed E-state index contributed by atoms with van der Waals surface area (Å²) in [7, 11) is 3.95. The Hall–Kier alpha value is -1.25. The highest BCUT2D eigenvalue weighted by molar-refractivity contribution is 7.16. The summed E-state index contributed by atoms with van der Waals surface area (Å²) < 4.78 is 5.32. The summed E-state index contributed by atoms with van der Waals surface area (Å²) in [6.45, 7) is 2.44. The van der Waals surface area contributed by atoms with Crippen LogP contribution in [0.5, 0.6) is 0 Å². The van der Waals surface area contributed by atoms with Crippen molar-refractivity contribution in [2.75, 3.05) is 46.1 Å². The van der Waals surface area contributed by atoms with E-state index in [1.807, 2.05) is 19.0 Å². The second kappa shape index (κ2) is 7.15.